The molecule has 0 aromatic heterocycles. The van der Waals surface area contributed by atoms with E-state index in [0.717, 1.165) is 23.5 Å². The van der Waals surface area contributed by atoms with Gasteiger partial charge in [0.15, 0.2) is 6.29 Å². The molecule has 1 aromatic carbocycles. The molecule has 2 rings (SSSR count). The van der Waals surface area contributed by atoms with Gasteiger partial charge in [0.25, 0.3) is 16.6 Å². The zero-order chi connectivity index (χ0) is 30.5. The van der Waals surface area contributed by atoms with Gasteiger partial charge in [-0.15, -0.1) is 0 Å². The van der Waals surface area contributed by atoms with E-state index in [1.54, 1.807) is 0 Å². The van der Waals surface area contributed by atoms with E-state index >= 15 is 0 Å². The molecule has 3 atom stereocenters. The Morgan fingerprint density at radius 1 is 0.950 bits per heavy atom. The number of carbonyl (C=O) groups is 1. The van der Waals surface area contributed by atoms with Crippen molar-refractivity contribution in [3.05, 3.63) is 35.9 Å². The lowest BCUT2D eigenvalue weighted by molar-refractivity contribution is -0.174. The second-order valence-electron chi connectivity index (χ2n) is 14.5. The maximum Gasteiger partial charge on any atom is 0.306 e. The van der Waals surface area contributed by atoms with Crippen molar-refractivity contribution < 1.29 is 27.9 Å². The van der Waals surface area contributed by atoms with Crippen LogP contribution >= 0.6 is 0 Å². The second kappa shape index (κ2) is 13.6. The van der Waals surface area contributed by atoms with Crippen LogP contribution in [-0.2, 0) is 25.4 Å². The molecule has 228 valence electrons. The minimum atomic E-state index is -2.11. The van der Waals surface area contributed by atoms with Gasteiger partial charge in [-0.3, -0.25) is 4.79 Å². The van der Waals surface area contributed by atoms with Crippen LogP contribution in [0, 0.1) is 0 Å². The lowest BCUT2D eigenvalue weighted by Crippen LogP contribution is -2.45. The second-order valence-corrected chi connectivity index (χ2v) is 24.0. The monoisotopic (exact) mass is 592 g/mol. The molecule has 0 bridgehead atoms. The maximum atomic E-state index is 12.7. The molecule has 6 nitrogen and oxygen atoms in total. The number of carbonyl (C=O) groups excluding carboxylic acids is 1. The smallest absolute Gasteiger partial charge is 0.306 e. The van der Waals surface area contributed by atoms with Gasteiger partial charge in [0.05, 0.1) is 12.2 Å². The number of benzene rings is 1. The Balaban J connectivity index is 2.07. The summed E-state index contributed by atoms with van der Waals surface area (Å²) < 4.78 is 31.0. The molecular weight excluding hydrogens is 537 g/mol. The number of esters is 1. The van der Waals surface area contributed by atoms with E-state index in [-0.39, 0.29) is 40.6 Å². The molecule has 0 amide bonds. The van der Waals surface area contributed by atoms with Crippen molar-refractivity contribution in [2.45, 2.75) is 149 Å². The normalized spacial score (nSPS) is 19.4. The van der Waals surface area contributed by atoms with Gasteiger partial charge in [-0.2, -0.15) is 0 Å². The van der Waals surface area contributed by atoms with Crippen LogP contribution in [0.2, 0.25) is 36.3 Å². The Labute approximate surface area is 246 Å². The summed E-state index contributed by atoms with van der Waals surface area (Å²) in [6.07, 6.45) is 5.82. The molecule has 40 heavy (non-hydrogen) atoms. The molecular formula is C32H56O6Si2. The fraction of sp³-hybridized carbons (Fsp3) is 0.719. The van der Waals surface area contributed by atoms with E-state index in [4.69, 9.17) is 23.1 Å². The molecule has 1 aromatic rings. The highest BCUT2D eigenvalue weighted by molar-refractivity contribution is 6.75. The first-order chi connectivity index (χ1) is 18.2. The van der Waals surface area contributed by atoms with Crippen molar-refractivity contribution in [1.82, 2.24) is 0 Å². The van der Waals surface area contributed by atoms with Gasteiger partial charge in [-0.25, -0.2) is 0 Å². The first-order valence-corrected chi connectivity index (χ1v) is 20.7. The van der Waals surface area contributed by atoms with E-state index in [0.29, 0.717) is 19.3 Å². The summed E-state index contributed by atoms with van der Waals surface area (Å²) in [6, 6.07) is 6.14. The predicted molar refractivity (Wildman–Crippen MR) is 169 cm³/mol. The number of aryl methyl sites for hydroxylation is 1. The van der Waals surface area contributed by atoms with Crippen LogP contribution in [0.4, 0.5) is 0 Å². The first-order valence-electron chi connectivity index (χ1n) is 14.9. The number of hydrogen-bond donors (Lipinski definition) is 0. The van der Waals surface area contributed by atoms with E-state index in [1.165, 1.54) is 0 Å². The molecule has 0 radical (unpaired) electrons. The topological polar surface area (TPSA) is 63.2 Å². The molecule has 0 saturated carbocycles. The van der Waals surface area contributed by atoms with Crippen LogP contribution in [0.1, 0.15) is 87.1 Å². The fourth-order valence-corrected chi connectivity index (χ4v) is 5.85. The number of ether oxygens (including phenoxy) is 3. The predicted octanol–water partition coefficient (Wildman–Crippen LogP) is 8.81. The highest BCUT2D eigenvalue weighted by Crippen LogP contribution is 2.43. The van der Waals surface area contributed by atoms with Crippen LogP contribution in [-0.4, -0.2) is 47.2 Å². The first kappa shape index (κ1) is 34.6. The van der Waals surface area contributed by atoms with Crippen molar-refractivity contribution in [2.24, 2.45) is 0 Å². The highest BCUT2D eigenvalue weighted by Gasteiger charge is 2.42. The fourth-order valence-electron chi connectivity index (χ4n) is 3.81. The van der Waals surface area contributed by atoms with Crippen molar-refractivity contribution >= 4 is 22.6 Å². The van der Waals surface area contributed by atoms with Gasteiger partial charge in [0.1, 0.15) is 17.6 Å². The largest absolute Gasteiger partial charge is 0.541 e. The lowest BCUT2D eigenvalue weighted by Gasteiger charge is -2.39. The molecule has 0 spiro atoms. The van der Waals surface area contributed by atoms with E-state index < -0.39 is 16.6 Å². The van der Waals surface area contributed by atoms with E-state index in [9.17, 15) is 4.79 Å². The Hall–Kier alpha value is -1.62. The van der Waals surface area contributed by atoms with Gasteiger partial charge >= 0.3 is 5.97 Å². The maximum absolute atomic E-state index is 12.7. The minimum Gasteiger partial charge on any atom is -0.541 e. The Morgan fingerprint density at radius 2 is 1.52 bits per heavy atom. The van der Waals surface area contributed by atoms with Crippen molar-refractivity contribution in [3.8, 4) is 11.5 Å². The Morgan fingerprint density at radius 3 is 2.08 bits per heavy atom. The number of hydrogen-bond acceptors (Lipinski definition) is 6. The lowest BCUT2D eigenvalue weighted by atomic mass is 10.1. The van der Waals surface area contributed by atoms with Crippen LogP contribution in [0.25, 0.3) is 0 Å². The van der Waals surface area contributed by atoms with Crippen molar-refractivity contribution in [2.75, 3.05) is 0 Å². The molecule has 1 heterocycles. The highest BCUT2D eigenvalue weighted by atomic mass is 28.4. The summed E-state index contributed by atoms with van der Waals surface area (Å²) in [4.78, 5) is 12.7. The summed E-state index contributed by atoms with van der Waals surface area (Å²) >= 11 is 0. The van der Waals surface area contributed by atoms with Crippen LogP contribution in [0.15, 0.2) is 30.4 Å². The van der Waals surface area contributed by atoms with Crippen molar-refractivity contribution in [3.63, 3.8) is 0 Å². The third-order valence-corrected chi connectivity index (χ3v) is 17.0. The molecule has 8 heteroatoms. The van der Waals surface area contributed by atoms with Gasteiger partial charge in [0, 0.05) is 12.8 Å². The molecule has 0 saturated heterocycles. The van der Waals surface area contributed by atoms with Crippen LogP contribution < -0.4 is 8.85 Å². The average molecular weight is 593 g/mol. The van der Waals surface area contributed by atoms with Crippen LogP contribution in [0.5, 0.6) is 11.5 Å². The average Bonchev–Trinajstić information content (AvgIpc) is 2.77. The van der Waals surface area contributed by atoms with Gasteiger partial charge in [0.2, 0.25) is 0 Å². The Bertz CT molecular complexity index is 1000. The van der Waals surface area contributed by atoms with Crippen molar-refractivity contribution in [1.29, 1.82) is 0 Å². The molecule has 0 N–H and O–H groups in total. The standard InChI is InChI=1S/C32H56O6Si2/c1-23(2)34-30-16-14-15-26(36-30)21-24(3)35-29(33)20-18-25-17-19-27(37-39(10,11)31(4,5)6)28(22-25)38-40(12,13)32(7,8)9/h14,16-17,19,22-24,26,30H,15,18,20-21H2,1-13H3/t24-,26+,30+/m1/s1. The minimum absolute atomic E-state index is 0.0277. The summed E-state index contributed by atoms with van der Waals surface area (Å²) in [5.74, 6) is 1.39. The summed E-state index contributed by atoms with van der Waals surface area (Å²) in [5, 5.41) is 0.123. The van der Waals surface area contributed by atoms with E-state index in [1.807, 2.05) is 32.9 Å². The SMILES string of the molecule is CC(C)O[C@@H]1C=CC[C@@H](C[C@@H](C)OC(=O)CCc2ccc(O[Si](C)(C)C(C)(C)C)c(O[Si](C)(C)C(C)(C)C)c2)O1. The van der Waals surface area contributed by atoms with Gasteiger partial charge in [-0.1, -0.05) is 53.7 Å². The summed E-state index contributed by atoms with van der Waals surface area (Å²) in [7, 11) is -4.17. The molecule has 0 unspecified atom stereocenters. The quantitative estimate of drug-likeness (QED) is 0.137. The van der Waals surface area contributed by atoms with Gasteiger partial charge < -0.3 is 23.1 Å². The summed E-state index contributed by atoms with van der Waals surface area (Å²) in [5.41, 5.74) is 1.04. The van der Waals surface area contributed by atoms with Crippen LogP contribution in [0.3, 0.4) is 0 Å². The Kier molecular flexibility index (Phi) is 11.7. The zero-order valence-electron chi connectivity index (χ0n) is 27.5. The molecule has 0 fully saturated rings. The third-order valence-electron chi connectivity index (χ3n) is 8.32. The third kappa shape index (κ3) is 10.3. The zero-order valence-corrected chi connectivity index (χ0v) is 29.5. The molecule has 1 aliphatic heterocycles. The summed E-state index contributed by atoms with van der Waals surface area (Å²) in [6.45, 7) is 28.3. The molecule has 0 aliphatic carbocycles. The van der Waals surface area contributed by atoms with Gasteiger partial charge in [-0.05, 0) is 93.6 Å². The molecule has 1 aliphatic rings. The van der Waals surface area contributed by atoms with E-state index in [2.05, 4.69) is 85.9 Å². The number of rotatable bonds is 12.